The number of nitrogens with zero attached hydrogens (tertiary/aromatic N) is 1. The number of hydrogen-bond acceptors (Lipinski definition) is 1. The van der Waals surface area contributed by atoms with E-state index in [-0.39, 0.29) is 6.03 Å². The molecule has 1 rings (SSSR count). The predicted octanol–water partition coefficient (Wildman–Crippen LogP) is 1.83. The number of carbonyl (C=O) groups excluding carboxylic acids is 1. The van der Waals surface area contributed by atoms with E-state index >= 15 is 0 Å². The van der Waals surface area contributed by atoms with Crippen molar-refractivity contribution in [3.63, 3.8) is 0 Å². The lowest BCUT2D eigenvalue weighted by molar-refractivity contribution is 0.205. The van der Waals surface area contributed by atoms with E-state index in [1.807, 2.05) is 4.90 Å². The van der Waals surface area contributed by atoms with Crippen molar-refractivity contribution in [3.8, 4) is 0 Å². The van der Waals surface area contributed by atoms with Gasteiger partial charge in [-0.2, -0.15) is 0 Å². The molecule has 0 aromatic rings. The molecule has 1 aliphatic rings. The molecule has 0 bridgehead atoms. The molecule has 0 spiro atoms. The fourth-order valence-electron chi connectivity index (χ4n) is 1.77. The molecule has 0 aromatic carbocycles. The maximum Gasteiger partial charge on any atom is 0.317 e. The van der Waals surface area contributed by atoms with Gasteiger partial charge in [-0.05, 0) is 26.2 Å². The minimum atomic E-state index is 0.0978. The summed E-state index contributed by atoms with van der Waals surface area (Å²) in [4.78, 5) is 13.3. The van der Waals surface area contributed by atoms with E-state index in [4.69, 9.17) is 0 Å². The number of hydrogen-bond donors (Lipinski definition) is 1. The third-order valence-corrected chi connectivity index (χ3v) is 2.38. The largest absolute Gasteiger partial charge is 0.333 e. The van der Waals surface area contributed by atoms with E-state index in [0.717, 1.165) is 13.0 Å². The van der Waals surface area contributed by atoms with Crippen molar-refractivity contribution in [2.45, 2.75) is 46.2 Å². The Kier molecular flexibility index (Phi) is 3.17. The minimum absolute atomic E-state index is 0.0978. The Morgan fingerprint density at radius 2 is 2.08 bits per heavy atom. The van der Waals surface area contributed by atoms with Crippen LogP contribution in [0.25, 0.3) is 0 Å². The van der Waals surface area contributed by atoms with Crippen LogP contribution in [-0.2, 0) is 0 Å². The lowest BCUT2D eigenvalue weighted by atomic mass is 10.0. The van der Waals surface area contributed by atoms with Crippen molar-refractivity contribution in [1.82, 2.24) is 10.2 Å². The summed E-state index contributed by atoms with van der Waals surface area (Å²) in [6.07, 6.45) is 1.08. The van der Waals surface area contributed by atoms with Crippen molar-refractivity contribution >= 4 is 6.03 Å². The van der Waals surface area contributed by atoms with E-state index in [1.165, 1.54) is 0 Å². The van der Waals surface area contributed by atoms with Crippen molar-refractivity contribution in [1.29, 1.82) is 0 Å². The summed E-state index contributed by atoms with van der Waals surface area (Å²) in [5.74, 6) is 0.650. The summed E-state index contributed by atoms with van der Waals surface area (Å²) in [6.45, 7) is 9.34. The Morgan fingerprint density at radius 1 is 1.46 bits per heavy atom. The van der Waals surface area contributed by atoms with Gasteiger partial charge >= 0.3 is 6.03 Å². The van der Waals surface area contributed by atoms with Crippen LogP contribution in [-0.4, -0.2) is 29.6 Å². The Balaban J connectivity index is 2.45. The molecule has 1 N–H and O–H groups in total. The van der Waals surface area contributed by atoms with E-state index in [0.29, 0.717) is 18.0 Å². The first-order chi connectivity index (χ1) is 6.00. The van der Waals surface area contributed by atoms with Crippen LogP contribution in [0.4, 0.5) is 4.79 Å². The normalized spacial score (nSPS) is 23.1. The van der Waals surface area contributed by atoms with Gasteiger partial charge < -0.3 is 10.2 Å². The zero-order valence-corrected chi connectivity index (χ0v) is 9.00. The quantitative estimate of drug-likeness (QED) is 0.713. The number of rotatable bonds is 3. The molecule has 3 heteroatoms. The van der Waals surface area contributed by atoms with Gasteiger partial charge in [0.1, 0.15) is 0 Å². The van der Waals surface area contributed by atoms with Gasteiger partial charge in [-0.25, -0.2) is 4.79 Å². The van der Waals surface area contributed by atoms with Crippen LogP contribution in [0.3, 0.4) is 0 Å². The van der Waals surface area contributed by atoms with Crippen LogP contribution in [0.2, 0.25) is 0 Å². The number of amides is 2. The first kappa shape index (κ1) is 10.4. The van der Waals surface area contributed by atoms with Crippen molar-refractivity contribution < 1.29 is 4.79 Å². The molecular weight excluding hydrogens is 164 g/mol. The fourth-order valence-corrected chi connectivity index (χ4v) is 1.77. The highest BCUT2D eigenvalue weighted by Gasteiger charge is 2.30. The van der Waals surface area contributed by atoms with Crippen LogP contribution in [0.15, 0.2) is 0 Å². The second-order valence-corrected chi connectivity index (χ2v) is 4.52. The SMILES string of the molecule is CC(C)CC1CN(C(C)C)C(=O)N1. The van der Waals surface area contributed by atoms with Gasteiger partial charge in [0.2, 0.25) is 0 Å². The predicted molar refractivity (Wildman–Crippen MR) is 53.6 cm³/mol. The molecule has 76 valence electrons. The molecular formula is C10H20N2O. The maximum absolute atomic E-state index is 11.4. The third-order valence-electron chi connectivity index (χ3n) is 2.38. The lowest BCUT2D eigenvalue weighted by Crippen LogP contribution is -2.33. The Labute approximate surface area is 80.5 Å². The first-order valence-corrected chi connectivity index (χ1v) is 5.07. The molecule has 0 aromatic heterocycles. The lowest BCUT2D eigenvalue weighted by Gasteiger charge is -2.19. The molecule has 13 heavy (non-hydrogen) atoms. The third kappa shape index (κ3) is 2.61. The first-order valence-electron chi connectivity index (χ1n) is 5.07. The molecule has 1 aliphatic heterocycles. The highest BCUT2D eigenvalue weighted by atomic mass is 16.2. The Morgan fingerprint density at radius 3 is 2.46 bits per heavy atom. The van der Waals surface area contributed by atoms with Crippen molar-refractivity contribution in [3.05, 3.63) is 0 Å². The topological polar surface area (TPSA) is 32.3 Å². The molecule has 0 saturated carbocycles. The molecule has 1 atom stereocenters. The van der Waals surface area contributed by atoms with E-state index < -0.39 is 0 Å². The van der Waals surface area contributed by atoms with Gasteiger partial charge in [-0.3, -0.25) is 0 Å². The molecule has 0 aliphatic carbocycles. The average molecular weight is 184 g/mol. The molecule has 0 radical (unpaired) electrons. The Bertz CT molecular complexity index is 189. The van der Waals surface area contributed by atoms with Gasteiger partial charge in [-0.1, -0.05) is 13.8 Å². The van der Waals surface area contributed by atoms with Gasteiger partial charge in [0.15, 0.2) is 0 Å². The monoisotopic (exact) mass is 184 g/mol. The summed E-state index contributed by atoms with van der Waals surface area (Å²) in [5.41, 5.74) is 0. The fraction of sp³-hybridized carbons (Fsp3) is 0.900. The summed E-state index contributed by atoms with van der Waals surface area (Å²) >= 11 is 0. The minimum Gasteiger partial charge on any atom is -0.333 e. The van der Waals surface area contributed by atoms with Crippen LogP contribution in [0.1, 0.15) is 34.1 Å². The van der Waals surface area contributed by atoms with E-state index in [1.54, 1.807) is 0 Å². The standard InChI is InChI=1S/C10H20N2O/c1-7(2)5-9-6-12(8(3)4)10(13)11-9/h7-9H,5-6H2,1-4H3,(H,11,13). The van der Waals surface area contributed by atoms with Gasteiger partial charge in [0, 0.05) is 18.6 Å². The summed E-state index contributed by atoms with van der Waals surface area (Å²) in [7, 11) is 0. The second-order valence-electron chi connectivity index (χ2n) is 4.52. The summed E-state index contributed by atoms with van der Waals surface area (Å²) in [6, 6.07) is 0.771. The molecule has 2 amide bonds. The molecule has 1 unspecified atom stereocenters. The zero-order chi connectivity index (χ0) is 10.0. The second kappa shape index (κ2) is 3.99. The van der Waals surface area contributed by atoms with Crippen molar-refractivity contribution in [2.75, 3.05) is 6.54 Å². The highest BCUT2D eigenvalue weighted by molar-refractivity contribution is 5.77. The zero-order valence-electron chi connectivity index (χ0n) is 9.00. The van der Waals surface area contributed by atoms with E-state index in [2.05, 4.69) is 33.0 Å². The molecule has 1 heterocycles. The average Bonchev–Trinajstić information content (AvgIpc) is 2.29. The summed E-state index contributed by atoms with van der Waals surface area (Å²) in [5, 5.41) is 3.00. The molecule has 1 fully saturated rings. The van der Waals surface area contributed by atoms with Crippen LogP contribution < -0.4 is 5.32 Å². The summed E-state index contributed by atoms with van der Waals surface area (Å²) < 4.78 is 0. The van der Waals surface area contributed by atoms with Crippen molar-refractivity contribution in [2.24, 2.45) is 5.92 Å². The van der Waals surface area contributed by atoms with Crippen LogP contribution >= 0.6 is 0 Å². The number of urea groups is 1. The van der Waals surface area contributed by atoms with Gasteiger partial charge in [0.05, 0.1) is 0 Å². The van der Waals surface area contributed by atoms with Crippen LogP contribution in [0.5, 0.6) is 0 Å². The number of carbonyl (C=O) groups is 1. The smallest absolute Gasteiger partial charge is 0.317 e. The van der Waals surface area contributed by atoms with Gasteiger partial charge in [0.25, 0.3) is 0 Å². The maximum atomic E-state index is 11.4. The molecule has 1 saturated heterocycles. The molecule has 3 nitrogen and oxygen atoms in total. The van der Waals surface area contributed by atoms with Gasteiger partial charge in [-0.15, -0.1) is 0 Å². The highest BCUT2D eigenvalue weighted by Crippen LogP contribution is 2.14. The van der Waals surface area contributed by atoms with Crippen LogP contribution in [0, 0.1) is 5.92 Å². The Hall–Kier alpha value is -0.730. The van der Waals surface area contributed by atoms with E-state index in [9.17, 15) is 4.79 Å². The number of nitrogens with one attached hydrogen (secondary N) is 1.